The molecular weight excluding hydrogens is 434 g/mol. The van der Waals surface area contributed by atoms with Crippen LogP contribution in [0.25, 0.3) is 0 Å². The monoisotopic (exact) mass is 457 g/mol. The molecule has 4 aromatic carbocycles. The van der Waals surface area contributed by atoms with Gasteiger partial charge in [0.05, 0.1) is 10.6 Å². The van der Waals surface area contributed by atoms with Gasteiger partial charge in [0.25, 0.3) is 5.91 Å². The molecule has 0 aliphatic rings. The number of sulfone groups is 1. The topological polar surface area (TPSA) is 72.5 Å². The summed E-state index contributed by atoms with van der Waals surface area (Å²) in [7, 11) is -3.44. The van der Waals surface area contributed by atoms with Crippen LogP contribution in [0, 0.1) is 0 Å². The maximum atomic E-state index is 12.6. The standard InChI is InChI=1S/C27H23NO4S/c29-27(28-19-23-9-7-8-14-26(23)32-24-10-3-1-4-11-24)22-17-15-21(16-18-22)20-33(30,31)25-12-5-2-6-13-25/h1-18H,19-20H2,(H,28,29). The number of hydrogen-bond acceptors (Lipinski definition) is 4. The summed E-state index contributed by atoms with van der Waals surface area (Å²) >= 11 is 0. The molecule has 0 atom stereocenters. The maximum Gasteiger partial charge on any atom is 0.251 e. The highest BCUT2D eigenvalue weighted by Crippen LogP contribution is 2.25. The van der Waals surface area contributed by atoms with Crippen molar-refractivity contribution in [2.24, 2.45) is 0 Å². The van der Waals surface area contributed by atoms with Crippen molar-refractivity contribution in [1.82, 2.24) is 5.32 Å². The second-order valence-electron chi connectivity index (χ2n) is 7.47. The third kappa shape index (κ3) is 5.87. The average molecular weight is 458 g/mol. The molecule has 33 heavy (non-hydrogen) atoms. The lowest BCUT2D eigenvalue weighted by atomic mass is 10.1. The summed E-state index contributed by atoms with van der Waals surface area (Å²) in [6.07, 6.45) is 0. The Morgan fingerprint density at radius 2 is 1.33 bits per heavy atom. The molecule has 1 amide bonds. The van der Waals surface area contributed by atoms with Crippen LogP contribution in [0.1, 0.15) is 21.5 Å². The maximum absolute atomic E-state index is 12.6. The van der Waals surface area contributed by atoms with Crippen molar-refractivity contribution in [3.63, 3.8) is 0 Å². The second-order valence-corrected chi connectivity index (χ2v) is 9.46. The van der Waals surface area contributed by atoms with E-state index in [0.717, 1.165) is 11.3 Å². The Bertz CT molecular complexity index is 1320. The second kappa shape index (κ2) is 10.1. The van der Waals surface area contributed by atoms with E-state index in [9.17, 15) is 13.2 Å². The third-order valence-corrected chi connectivity index (χ3v) is 6.76. The molecule has 0 heterocycles. The van der Waals surface area contributed by atoms with Gasteiger partial charge in [-0.15, -0.1) is 0 Å². The van der Waals surface area contributed by atoms with Gasteiger partial charge in [0, 0.05) is 17.7 Å². The SMILES string of the molecule is O=C(NCc1ccccc1Oc1ccccc1)c1ccc(CS(=O)(=O)c2ccccc2)cc1. The summed E-state index contributed by atoms with van der Waals surface area (Å²) < 4.78 is 31.0. The molecular formula is C27H23NO4S. The van der Waals surface area contributed by atoms with Gasteiger partial charge in [-0.1, -0.05) is 66.7 Å². The zero-order chi connectivity index (χ0) is 23.1. The molecule has 166 valence electrons. The van der Waals surface area contributed by atoms with E-state index in [1.54, 1.807) is 54.6 Å². The Balaban J connectivity index is 1.39. The first-order chi connectivity index (χ1) is 16.0. The highest BCUT2D eigenvalue weighted by atomic mass is 32.2. The number of amides is 1. The molecule has 0 saturated heterocycles. The molecule has 0 bridgehead atoms. The molecule has 4 aromatic rings. The van der Waals surface area contributed by atoms with Gasteiger partial charge in [-0.2, -0.15) is 0 Å². The van der Waals surface area contributed by atoms with E-state index in [0.29, 0.717) is 23.4 Å². The Morgan fingerprint density at radius 1 is 0.727 bits per heavy atom. The highest BCUT2D eigenvalue weighted by molar-refractivity contribution is 7.90. The van der Waals surface area contributed by atoms with Crippen molar-refractivity contribution in [2.45, 2.75) is 17.2 Å². The molecule has 0 aliphatic carbocycles. The number of nitrogens with one attached hydrogen (secondary N) is 1. The summed E-state index contributed by atoms with van der Waals surface area (Å²) in [5, 5.41) is 2.90. The summed E-state index contributed by atoms with van der Waals surface area (Å²) in [6, 6.07) is 31.9. The van der Waals surface area contributed by atoms with Crippen LogP contribution >= 0.6 is 0 Å². The molecule has 0 fully saturated rings. The molecule has 0 radical (unpaired) electrons. The van der Waals surface area contributed by atoms with Crippen LogP contribution in [-0.4, -0.2) is 14.3 Å². The fourth-order valence-corrected chi connectivity index (χ4v) is 4.70. The number of hydrogen-bond donors (Lipinski definition) is 1. The van der Waals surface area contributed by atoms with Crippen LogP contribution in [0.2, 0.25) is 0 Å². The number of ether oxygens (including phenoxy) is 1. The number of benzene rings is 4. The Labute approximate surface area is 193 Å². The average Bonchev–Trinajstić information content (AvgIpc) is 2.85. The van der Waals surface area contributed by atoms with Gasteiger partial charge in [-0.25, -0.2) is 8.42 Å². The van der Waals surface area contributed by atoms with E-state index in [4.69, 9.17) is 4.74 Å². The lowest BCUT2D eigenvalue weighted by Crippen LogP contribution is -2.23. The first-order valence-electron chi connectivity index (χ1n) is 10.5. The van der Waals surface area contributed by atoms with E-state index in [-0.39, 0.29) is 16.6 Å². The molecule has 0 spiro atoms. The van der Waals surface area contributed by atoms with Crippen molar-refractivity contribution >= 4 is 15.7 Å². The lowest BCUT2D eigenvalue weighted by molar-refractivity contribution is 0.0950. The lowest BCUT2D eigenvalue weighted by Gasteiger charge is -2.12. The van der Waals surface area contributed by atoms with Gasteiger partial charge >= 0.3 is 0 Å². The van der Waals surface area contributed by atoms with Crippen molar-refractivity contribution in [3.8, 4) is 11.5 Å². The first kappa shape index (κ1) is 22.3. The summed E-state index contributed by atoms with van der Waals surface area (Å²) in [4.78, 5) is 12.9. The van der Waals surface area contributed by atoms with Crippen LogP contribution in [0.15, 0.2) is 114 Å². The van der Waals surface area contributed by atoms with Gasteiger partial charge in [0.15, 0.2) is 9.84 Å². The molecule has 0 aliphatic heterocycles. The number of carbonyl (C=O) groups excluding carboxylic acids is 1. The zero-order valence-electron chi connectivity index (χ0n) is 17.8. The van der Waals surface area contributed by atoms with E-state index in [1.807, 2.05) is 54.6 Å². The summed E-state index contributed by atoms with van der Waals surface area (Å²) in [5.41, 5.74) is 1.93. The minimum Gasteiger partial charge on any atom is -0.457 e. The largest absolute Gasteiger partial charge is 0.457 e. The van der Waals surface area contributed by atoms with Crippen molar-refractivity contribution < 1.29 is 17.9 Å². The van der Waals surface area contributed by atoms with E-state index < -0.39 is 9.84 Å². The van der Waals surface area contributed by atoms with E-state index >= 15 is 0 Å². The Kier molecular flexibility index (Phi) is 6.86. The molecule has 1 N–H and O–H groups in total. The van der Waals surface area contributed by atoms with Crippen molar-refractivity contribution in [2.75, 3.05) is 0 Å². The quantitative estimate of drug-likeness (QED) is 0.385. The van der Waals surface area contributed by atoms with Gasteiger partial charge in [-0.3, -0.25) is 4.79 Å². The van der Waals surface area contributed by atoms with Crippen molar-refractivity contribution in [3.05, 3.63) is 126 Å². The molecule has 6 heteroatoms. The van der Waals surface area contributed by atoms with Crippen LogP contribution in [-0.2, 0) is 22.1 Å². The third-order valence-electron chi connectivity index (χ3n) is 5.06. The van der Waals surface area contributed by atoms with Gasteiger partial charge in [-0.05, 0) is 48.0 Å². The fraction of sp³-hybridized carbons (Fsp3) is 0.0741. The molecule has 0 unspecified atom stereocenters. The van der Waals surface area contributed by atoms with Gasteiger partial charge < -0.3 is 10.1 Å². The molecule has 0 saturated carbocycles. The highest BCUT2D eigenvalue weighted by Gasteiger charge is 2.15. The molecule has 0 aromatic heterocycles. The first-order valence-corrected chi connectivity index (χ1v) is 12.1. The van der Waals surface area contributed by atoms with Crippen LogP contribution in [0.5, 0.6) is 11.5 Å². The number of carbonyl (C=O) groups is 1. The van der Waals surface area contributed by atoms with Crippen molar-refractivity contribution in [1.29, 1.82) is 0 Å². The van der Waals surface area contributed by atoms with Gasteiger partial charge in [0.1, 0.15) is 11.5 Å². The van der Waals surface area contributed by atoms with Crippen LogP contribution in [0.3, 0.4) is 0 Å². The minimum atomic E-state index is -3.44. The smallest absolute Gasteiger partial charge is 0.251 e. The normalized spacial score (nSPS) is 11.0. The Hall–Kier alpha value is -3.90. The van der Waals surface area contributed by atoms with Crippen LogP contribution in [0.4, 0.5) is 0 Å². The summed E-state index contributed by atoms with van der Waals surface area (Å²) in [6.45, 7) is 0.298. The molecule has 4 rings (SSSR count). The predicted octanol–water partition coefficient (Wildman–Crippen LogP) is 5.38. The van der Waals surface area contributed by atoms with Gasteiger partial charge in [0.2, 0.25) is 0 Å². The van der Waals surface area contributed by atoms with E-state index in [2.05, 4.69) is 5.32 Å². The predicted molar refractivity (Wildman–Crippen MR) is 128 cm³/mol. The zero-order valence-corrected chi connectivity index (χ0v) is 18.7. The Morgan fingerprint density at radius 3 is 2.03 bits per heavy atom. The van der Waals surface area contributed by atoms with E-state index in [1.165, 1.54) is 0 Å². The number of para-hydroxylation sites is 2. The summed E-state index contributed by atoms with van der Waals surface area (Å²) in [5.74, 6) is 1.02. The van der Waals surface area contributed by atoms with Crippen LogP contribution < -0.4 is 10.1 Å². The minimum absolute atomic E-state index is 0.122. The fourth-order valence-electron chi connectivity index (χ4n) is 3.33. The molecule has 5 nitrogen and oxygen atoms in total. The number of rotatable bonds is 8.